The van der Waals surface area contributed by atoms with Crippen LogP contribution in [0.2, 0.25) is 5.02 Å². The van der Waals surface area contributed by atoms with Crippen LogP contribution in [0.1, 0.15) is 0 Å². The van der Waals surface area contributed by atoms with Crippen molar-refractivity contribution in [3.05, 3.63) is 27.8 Å². The first-order valence-electron chi connectivity index (χ1n) is 4.94. The quantitative estimate of drug-likeness (QED) is 0.803. The number of aryl methyl sites for hydroxylation is 1. The Morgan fingerprint density at radius 3 is 2.74 bits per heavy atom. The second kappa shape index (κ2) is 4.99. The van der Waals surface area contributed by atoms with E-state index < -0.39 is 10.0 Å². The van der Waals surface area contributed by atoms with Gasteiger partial charge in [0.2, 0.25) is 5.03 Å². The summed E-state index contributed by atoms with van der Waals surface area (Å²) in [6.07, 6.45) is 0. The number of hydrogen-bond donors (Lipinski definition) is 2. The predicted octanol–water partition coefficient (Wildman–Crippen LogP) is 1.61. The Balaban J connectivity index is 2.45. The molecule has 0 bridgehead atoms. The number of aromatic nitrogens is 3. The zero-order valence-electron chi connectivity index (χ0n) is 9.63. The minimum atomic E-state index is -3.87. The molecule has 102 valence electrons. The van der Waals surface area contributed by atoms with E-state index in [9.17, 15) is 8.42 Å². The van der Waals surface area contributed by atoms with Gasteiger partial charge in [-0.1, -0.05) is 16.8 Å². The maximum atomic E-state index is 12.2. The highest BCUT2D eigenvalue weighted by molar-refractivity contribution is 9.10. The Morgan fingerprint density at radius 1 is 1.47 bits per heavy atom. The van der Waals surface area contributed by atoms with Crippen LogP contribution < -0.4 is 10.5 Å². The Bertz CT molecular complexity index is 711. The Hall–Kier alpha value is -1.32. The molecule has 0 aliphatic heterocycles. The van der Waals surface area contributed by atoms with Gasteiger partial charge in [-0.05, 0) is 34.1 Å². The fraction of sp³-hybridized carbons (Fsp3) is 0.111. The van der Waals surface area contributed by atoms with E-state index in [1.165, 1.54) is 19.2 Å². The average molecular weight is 367 g/mol. The van der Waals surface area contributed by atoms with E-state index in [4.69, 9.17) is 17.3 Å². The first-order chi connectivity index (χ1) is 8.81. The number of rotatable bonds is 3. The van der Waals surface area contributed by atoms with Gasteiger partial charge in [0.05, 0.1) is 10.7 Å². The molecule has 1 aromatic heterocycles. The maximum Gasteiger partial charge on any atom is 0.281 e. The lowest BCUT2D eigenvalue weighted by Gasteiger charge is -2.10. The van der Waals surface area contributed by atoms with Crippen molar-refractivity contribution in [2.24, 2.45) is 7.05 Å². The van der Waals surface area contributed by atoms with E-state index in [1.54, 1.807) is 6.07 Å². The summed E-state index contributed by atoms with van der Waals surface area (Å²) in [5, 5.41) is 7.36. The van der Waals surface area contributed by atoms with Crippen molar-refractivity contribution in [2.45, 2.75) is 5.03 Å². The van der Waals surface area contributed by atoms with Crippen molar-refractivity contribution in [1.29, 1.82) is 0 Å². The molecule has 2 rings (SSSR count). The maximum absolute atomic E-state index is 12.2. The normalized spacial score (nSPS) is 11.5. The molecule has 0 fully saturated rings. The molecule has 0 spiro atoms. The molecule has 2 aromatic rings. The molecule has 10 heteroatoms. The minimum absolute atomic E-state index is 0.106. The van der Waals surface area contributed by atoms with Crippen molar-refractivity contribution >= 4 is 48.9 Å². The molecule has 1 heterocycles. The van der Waals surface area contributed by atoms with Crippen molar-refractivity contribution in [3.8, 4) is 0 Å². The van der Waals surface area contributed by atoms with Gasteiger partial charge in [0.1, 0.15) is 0 Å². The van der Waals surface area contributed by atoms with Crippen LogP contribution in [0.4, 0.5) is 11.4 Å². The third-order valence-electron chi connectivity index (χ3n) is 2.23. The lowest BCUT2D eigenvalue weighted by molar-refractivity contribution is 0.578. The molecule has 0 aliphatic rings. The highest BCUT2D eigenvalue weighted by Crippen LogP contribution is 2.28. The van der Waals surface area contributed by atoms with Crippen LogP contribution >= 0.6 is 27.5 Å². The third kappa shape index (κ3) is 2.82. The SMILES string of the molecule is Cn1nnc(Br)c1S(=O)(=O)Nc1cc(N)ccc1Cl. The molecule has 0 saturated heterocycles. The fourth-order valence-corrected chi connectivity index (χ4v) is 3.81. The number of halogens is 2. The van der Waals surface area contributed by atoms with Gasteiger partial charge in [-0.15, -0.1) is 5.10 Å². The summed E-state index contributed by atoms with van der Waals surface area (Å²) in [4.78, 5) is 0. The molecule has 0 saturated carbocycles. The minimum Gasteiger partial charge on any atom is -0.399 e. The number of anilines is 2. The van der Waals surface area contributed by atoms with Gasteiger partial charge in [0.15, 0.2) is 4.60 Å². The van der Waals surface area contributed by atoms with Crippen LogP contribution in [0.5, 0.6) is 0 Å². The van der Waals surface area contributed by atoms with E-state index in [0.29, 0.717) is 5.69 Å². The van der Waals surface area contributed by atoms with E-state index in [-0.39, 0.29) is 20.3 Å². The van der Waals surface area contributed by atoms with Gasteiger partial charge in [0, 0.05) is 12.7 Å². The zero-order valence-corrected chi connectivity index (χ0v) is 12.8. The summed E-state index contributed by atoms with van der Waals surface area (Å²) in [7, 11) is -2.40. The first kappa shape index (κ1) is 14.1. The molecule has 0 amide bonds. The Labute approximate surface area is 122 Å². The molecule has 0 radical (unpaired) electrons. The summed E-state index contributed by atoms with van der Waals surface area (Å²) >= 11 is 8.94. The number of benzene rings is 1. The van der Waals surface area contributed by atoms with Gasteiger partial charge in [-0.25, -0.2) is 4.68 Å². The molecule has 7 nitrogen and oxygen atoms in total. The highest BCUT2D eigenvalue weighted by Gasteiger charge is 2.24. The van der Waals surface area contributed by atoms with E-state index >= 15 is 0 Å². The second-order valence-electron chi connectivity index (χ2n) is 3.65. The summed E-state index contributed by atoms with van der Waals surface area (Å²) < 4.78 is 28.0. The van der Waals surface area contributed by atoms with Crippen molar-refractivity contribution in [3.63, 3.8) is 0 Å². The number of nitrogens with one attached hydrogen (secondary N) is 1. The van der Waals surface area contributed by atoms with Crippen LogP contribution in [-0.4, -0.2) is 23.4 Å². The summed E-state index contributed by atoms with van der Waals surface area (Å²) in [5.41, 5.74) is 6.17. The molecule has 1 aromatic carbocycles. The molecular weight excluding hydrogens is 358 g/mol. The van der Waals surface area contributed by atoms with Crippen LogP contribution in [-0.2, 0) is 17.1 Å². The summed E-state index contributed by atoms with van der Waals surface area (Å²) in [6, 6.07) is 4.50. The standard InChI is InChI=1S/C9H9BrClN5O2S/c1-16-9(8(10)13-15-16)19(17,18)14-7-4-5(12)2-3-6(7)11/h2-4,14H,12H2,1H3. The van der Waals surface area contributed by atoms with Gasteiger partial charge in [0.25, 0.3) is 10.0 Å². The molecule has 0 unspecified atom stereocenters. The summed E-state index contributed by atoms with van der Waals surface area (Å²) in [5.74, 6) is 0. The van der Waals surface area contributed by atoms with E-state index in [2.05, 4.69) is 31.0 Å². The first-order valence-corrected chi connectivity index (χ1v) is 7.59. The fourth-order valence-electron chi connectivity index (χ4n) is 1.42. The van der Waals surface area contributed by atoms with Crippen molar-refractivity contribution < 1.29 is 8.42 Å². The lowest BCUT2D eigenvalue weighted by atomic mass is 10.3. The number of hydrogen-bond acceptors (Lipinski definition) is 5. The molecule has 19 heavy (non-hydrogen) atoms. The number of nitrogens with two attached hydrogens (primary N) is 1. The predicted molar refractivity (Wildman–Crippen MR) is 75.4 cm³/mol. The van der Waals surface area contributed by atoms with Crippen LogP contribution in [0.3, 0.4) is 0 Å². The van der Waals surface area contributed by atoms with Gasteiger partial charge in [-0.2, -0.15) is 8.42 Å². The average Bonchev–Trinajstić information content (AvgIpc) is 2.64. The van der Waals surface area contributed by atoms with Gasteiger partial charge >= 0.3 is 0 Å². The van der Waals surface area contributed by atoms with Crippen molar-refractivity contribution in [1.82, 2.24) is 15.0 Å². The topological polar surface area (TPSA) is 103 Å². The zero-order chi connectivity index (χ0) is 14.2. The highest BCUT2D eigenvalue weighted by atomic mass is 79.9. The van der Waals surface area contributed by atoms with E-state index in [0.717, 1.165) is 4.68 Å². The molecule has 3 N–H and O–H groups in total. The van der Waals surface area contributed by atoms with Gasteiger partial charge < -0.3 is 5.73 Å². The molecule has 0 aliphatic carbocycles. The lowest BCUT2D eigenvalue weighted by Crippen LogP contribution is -2.17. The number of nitrogens with zero attached hydrogens (tertiary/aromatic N) is 3. The Kier molecular flexibility index (Phi) is 3.70. The van der Waals surface area contributed by atoms with Crippen LogP contribution in [0.15, 0.2) is 27.8 Å². The summed E-state index contributed by atoms with van der Waals surface area (Å²) in [6.45, 7) is 0. The monoisotopic (exact) mass is 365 g/mol. The van der Waals surface area contributed by atoms with Crippen molar-refractivity contribution in [2.75, 3.05) is 10.5 Å². The smallest absolute Gasteiger partial charge is 0.281 e. The second-order valence-corrected chi connectivity index (χ2v) is 6.41. The number of nitrogen functional groups attached to an aromatic ring is 1. The molecular formula is C9H9BrClN5O2S. The number of sulfonamides is 1. The van der Waals surface area contributed by atoms with Gasteiger partial charge in [-0.3, -0.25) is 4.72 Å². The largest absolute Gasteiger partial charge is 0.399 e. The van der Waals surface area contributed by atoms with Crippen LogP contribution in [0, 0.1) is 0 Å². The third-order valence-corrected chi connectivity index (χ3v) is 4.81. The van der Waals surface area contributed by atoms with Crippen LogP contribution in [0.25, 0.3) is 0 Å². The Morgan fingerprint density at radius 2 is 2.16 bits per heavy atom. The molecule has 0 atom stereocenters. The van der Waals surface area contributed by atoms with E-state index in [1.807, 2.05) is 0 Å².